The first-order valence-corrected chi connectivity index (χ1v) is 11.3. The van der Waals surface area contributed by atoms with Crippen molar-refractivity contribution >= 4 is 26.6 Å². The van der Waals surface area contributed by atoms with Crippen molar-refractivity contribution in [3.63, 3.8) is 0 Å². The number of carbonyl (C=O) groups excluding carboxylic acids is 1. The van der Waals surface area contributed by atoms with Gasteiger partial charge >= 0.3 is 0 Å². The third-order valence-corrected chi connectivity index (χ3v) is 7.48. The average molecular weight is 429 g/mol. The van der Waals surface area contributed by atoms with E-state index in [9.17, 15) is 13.2 Å². The number of benzene rings is 1. The van der Waals surface area contributed by atoms with Crippen molar-refractivity contribution in [1.29, 1.82) is 0 Å². The zero-order valence-corrected chi connectivity index (χ0v) is 17.5. The molecule has 1 aliphatic rings. The van der Waals surface area contributed by atoms with Crippen LogP contribution in [0.4, 0.5) is 0 Å². The first-order chi connectivity index (χ1) is 14.2. The topological polar surface area (TPSA) is 122 Å². The van der Waals surface area contributed by atoms with Crippen molar-refractivity contribution in [2.75, 3.05) is 12.9 Å². The van der Waals surface area contributed by atoms with Gasteiger partial charge in [-0.1, -0.05) is 11.8 Å². The molecule has 0 aliphatic heterocycles. The van der Waals surface area contributed by atoms with E-state index in [1.807, 2.05) is 18.2 Å². The minimum Gasteiger partial charge on any atom is -0.396 e. The van der Waals surface area contributed by atoms with Crippen LogP contribution in [0.25, 0.3) is 10.9 Å². The largest absolute Gasteiger partial charge is 0.396 e. The normalized spacial score (nSPS) is 19.7. The van der Waals surface area contributed by atoms with E-state index in [4.69, 9.17) is 10.3 Å². The lowest BCUT2D eigenvalue weighted by molar-refractivity contribution is -0.131. The molecule has 30 heavy (non-hydrogen) atoms. The number of nitrogens with zero attached hydrogens (tertiary/aromatic N) is 2. The van der Waals surface area contributed by atoms with Gasteiger partial charge in [0.05, 0.1) is 5.52 Å². The molecular formula is C21H23N3O5S. The lowest BCUT2D eigenvalue weighted by Gasteiger charge is -2.24. The monoisotopic (exact) mass is 429 g/mol. The molecule has 0 saturated heterocycles. The summed E-state index contributed by atoms with van der Waals surface area (Å²) in [7, 11) is -3.76. The molecule has 1 amide bonds. The highest BCUT2D eigenvalue weighted by Gasteiger charge is 2.43. The van der Waals surface area contributed by atoms with Crippen LogP contribution in [0.3, 0.4) is 0 Å². The number of fused-ring (bicyclic) bond motifs is 1. The fourth-order valence-electron chi connectivity index (χ4n) is 3.04. The quantitative estimate of drug-likeness (QED) is 0.353. The van der Waals surface area contributed by atoms with E-state index < -0.39 is 20.5 Å². The summed E-state index contributed by atoms with van der Waals surface area (Å²) in [6.45, 7) is 1.61. The van der Waals surface area contributed by atoms with Gasteiger partial charge in [-0.25, -0.2) is 13.9 Å². The van der Waals surface area contributed by atoms with E-state index in [1.165, 1.54) is 12.4 Å². The van der Waals surface area contributed by atoms with Gasteiger partial charge in [0, 0.05) is 42.5 Å². The number of hydroxylamine groups is 1. The number of carbonyl (C=O) groups is 1. The molecule has 3 atom stereocenters. The van der Waals surface area contributed by atoms with Gasteiger partial charge in [-0.05, 0) is 55.7 Å². The first kappa shape index (κ1) is 21.8. The van der Waals surface area contributed by atoms with Crippen LogP contribution in [0, 0.1) is 35.5 Å². The Morgan fingerprint density at radius 2 is 2.17 bits per heavy atom. The average Bonchev–Trinajstić information content (AvgIpc) is 3.35. The van der Waals surface area contributed by atoms with Gasteiger partial charge in [0.25, 0.3) is 5.91 Å². The molecule has 2 unspecified atom stereocenters. The van der Waals surface area contributed by atoms with Gasteiger partial charge in [-0.2, -0.15) is 5.10 Å². The van der Waals surface area contributed by atoms with E-state index in [1.54, 1.807) is 10.9 Å². The fourth-order valence-corrected chi connectivity index (χ4v) is 3.89. The van der Waals surface area contributed by atoms with Gasteiger partial charge in [-0.15, -0.1) is 0 Å². The number of aliphatic hydroxyl groups excluding tert-OH is 1. The van der Waals surface area contributed by atoms with Crippen molar-refractivity contribution in [2.45, 2.75) is 31.1 Å². The maximum absolute atomic E-state index is 12.1. The number of aliphatic hydroxyl groups is 1. The second-order valence-electron chi connectivity index (χ2n) is 7.66. The maximum atomic E-state index is 12.1. The highest BCUT2D eigenvalue weighted by Crippen LogP contribution is 2.36. The van der Waals surface area contributed by atoms with Crippen molar-refractivity contribution in [2.24, 2.45) is 11.8 Å². The first-order valence-electron chi connectivity index (χ1n) is 9.41. The third kappa shape index (κ3) is 4.65. The SMILES string of the molecule is CC(CCn1cc2cc(C#CC#CC3C[C@@H]3CO)ccc2n1)(C(=O)NO)S(C)(=O)=O. The van der Waals surface area contributed by atoms with Crippen LogP contribution in [0.5, 0.6) is 0 Å². The number of sulfone groups is 1. The Labute approximate surface area is 175 Å². The van der Waals surface area contributed by atoms with Crippen molar-refractivity contribution in [1.82, 2.24) is 15.3 Å². The minimum atomic E-state index is -3.76. The molecule has 1 heterocycles. The Morgan fingerprint density at radius 1 is 1.40 bits per heavy atom. The van der Waals surface area contributed by atoms with Crippen LogP contribution in [0.2, 0.25) is 0 Å². The molecule has 0 bridgehead atoms. The summed E-state index contributed by atoms with van der Waals surface area (Å²) >= 11 is 0. The van der Waals surface area contributed by atoms with Crippen LogP contribution in [-0.4, -0.2) is 52.0 Å². The standard InChI is InChI=1S/C21H23N3O5S/c1-21(20(26)23-27,30(2,28)29)9-10-24-13-17-11-15(7-8-19(17)22-24)5-3-4-6-16-12-18(16)14-25/h7-8,11,13,16,18,25,27H,9-10,12,14H2,1-2H3,(H,23,26)/t16?,18-,21?/m1/s1. The molecule has 1 aromatic carbocycles. The van der Waals surface area contributed by atoms with Gasteiger partial charge in [-0.3, -0.25) is 14.7 Å². The van der Waals surface area contributed by atoms with Crippen LogP contribution in [0.1, 0.15) is 25.3 Å². The van der Waals surface area contributed by atoms with E-state index >= 15 is 0 Å². The zero-order chi connectivity index (χ0) is 21.9. The van der Waals surface area contributed by atoms with E-state index in [-0.39, 0.29) is 31.4 Å². The molecule has 0 spiro atoms. The lowest BCUT2D eigenvalue weighted by atomic mass is 10.1. The zero-order valence-electron chi connectivity index (χ0n) is 16.7. The highest BCUT2D eigenvalue weighted by molar-refractivity contribution is 7.92. The van der Waals surface area contributed by atoms with Gasteiger partial charge < -0.3 is 5.11 Å². The molecule has 1 saturated carbocycles. The Bertz CT molecular complexity index is 1200. The number of hydrogen-bond donors (Lipinski definition) is 3. The number of nitrogens with one attached hydrogen (secondary N) is 1. The second-order valence-corrected chi connectivity index (χ2v) is 10.1. The third-order valence-electron chi connectivity index (χ3n) is 5.45. The molecule has 1 fully saturated rings. The number of aromatic nitrogens is 2. The number of amides is 1. The van der Waals surface area contributed by atoms with Crippen LogP contribution in [0.15, 0.2) is 24.4 Å². The summed E-state index contributed by atoms with van der Waals surface area (Å²) < 4.78 is 23.9. The smallest absolute Gasteiger partial charge is 0.264 e. The Morgan fingerprint density at radius 3 is 2.80 bits per heavy atom. The Kier molecular flexibility index (Phi) is 6.18. The van der Waals surface area contributed by atoms with Crippen molar-refractivity contribution < 1.29 is 23.5 Å². The summed E-state index contributed by atoms with van der Waals surface area (Å²) in [5, 5.41) is 23.1. The molecule has 1 aromatic heterocycles. The predicted molar refractivity (Wildman–Crippen MR) is 111 cm³/mol. The lowest BCUT2D eigenvalue weighted by Crippen LogP contribution is -2.49. The minimum absolute atomic E-state index is 0.0511. The molecule has 0 radical (unpaired) electrons. The Balaban J connectivity index is 1.72. The van der Waals surface area contributed by atoms with Crippen molar-refractivity contribution in [3.05, 3.63) is 30.0 Å². The molecule has 9 heteroatoms. The summed E-state index contributed by atoms with van der Waals surface area (Å²) in [5.74, 6) is 11.2. The number of hydrogen-bond acceptors (Lipinski definition) is 6. The number of aryl methyl sites for hydroxylation is 1. The summed E-state index contributed by atoms with van der Waals surface area (Å²) in [6.07, 6.45) is 3.59. The van der Waals surface area contributed by atoms with E-state index in [0.717, 1.165) is 23.6 Å². The van der Waals surface area contributed by atoms with E-state index in [2.05, 4.69) is 28.8 Å². The molecule has 3 rings (SSSR count). The molecule has 8 nitrogen and oxygen atoms in total. The molecule has 2 aromatic rings. The van der Waals surface area contributed by atoms with Gasteiger partial charge in [0.1, 0.15) is 0 Å². The summed E-state index contributed by atoms with van der Waals surface area (Å²) in [5.41, 5.74) is 2.92. The molecule has 3 N–H and O–H groups in total. The summed E-state index contributed by atoms with van der Waals surface area (Å²) in [6, 6.07) is 5.49. The fraction of sp³-hybridized carbons (Fsp3) is 0.429. The second kappa shape index (κ2) is 8.49. The molecule has 1 aliphatic carbocycles. The summed E-state index contributed by atoms with van der Waals surface area (Å²) in [4.78, 5) is 11.9. The highest BCUT2D eigenvalue weighted by atomic mass is 32.2. The molecular weight excluding hydrogens is 406 g/mol. The van der Waals surface area contributed by atoms with E-state index in [0.29, 0.717) is 5.52 Å². The maximum Gasteiger partial charge on any atom is 0.264 e. The van der Waals surface area contributed by atoms with Crippen molar-refractivity contribution in [3.8, 4) is 23.7 Å². The molecule has 158 valence electrons. The van der Waals surface area contributed by atoms with Gasteiger partial charge in [0.15, 0.2) is 14.6 Å². The van der Waals surface area contributed by atoms with Crippen LogP contribution in [-0.2, 0) is 21.2 Å². The van der Waals surface area contributed by atoms with Crippen LogP contribution < -0.4 is 5.48 Å². The van der Waals surface area contributed by atoms with Gasteiger partial charge in [0.2, 0.25) is 0 Å². The number of rotatable bonds is 6. The predicted octanol–water partition coefficient (Wildman–Crippen LogP) is 0.718. The Hall–Kier alpha value is -2.85. The van der Waals surface area contributed by atoms with Crippen LogP contribution >= 0.6 is 0 Å².